The van der Waals surface area contributed by atoms with E-state index in [0.29, 0.717) is 24.1 Å². The van der Waals surface area contributed by atoms with Crippen LogP contribution in [0.25, 0.3) is 0 Å². The molecule has 0 atom stereocenters. The van der Waals surface area contributed by atoms with E-state index in [1.807, 2.05) is 0 Å². The van der Waals surface area contributed by atoms with Gasteiger partial charge in [0.1, 0.15) is 6.09 Å². The molecule has 2 N–H and O–H groups in total. The largest absolute Gasteiger partial charge is 0.530 e. The Kier molecular flexibility index (Phi) is 2.36. The zero-order chi connectivity index (χ0) is 10.9. The van der Waals surface area contributed by atoms with Crippen molar-refractivity contribution in [3.63, 3.8) is 0 Å². The number of anilines is 1. The highest BCUT2D eigenvalue weighted by atomic mass is 16.4. The highest BCUT2D eigenvalue weighted by Crippen LogP contribution is 2.43. The van der Waals surface area contributed by atoms with Crippen molar-refractivity contribution in [2.45, 2.75) is 24.9 Å². The van der Waals surface area contributed by atoms with Crippen LogP contribution in [0.3, 0.4) is 0 Å². The van der Waals surface area contributed by atoms with E-state index in [2.05, 4.69) is 5.32 Å². The van der Waals surface area contributed by atoms with Crippen LogP contribution in [-0.2, 0) is 5.60 Å². The number of carbonyl (C=O) groups is 1. The van der Waals surface area contributed by atoms with Crippen molar-refractivity contribution in [3.05, 3.63) is 29.8 Å². The van der Waals surface area contributed by atoms with E-state index < -0.39 is 11.7 Å². The lowest BCUT2D eigenvalue weighted by Gasteiger charge is -2.38. The molecule has 1 fully saturated rings. The van der Waals surface area contributed by atoms with E-state index in [0.717, 1.165) is 6.42 Å². The first-order valence-electron chi connectivity index (χ1n) is 4.92. The fraction of sp³-hybridized carbons (Fsp3) is 0.364. The Labute approximate surface area is 87.6 Å². The maximum absolute atomic E-state index is 10.5. The molecule has 1 aromatic rings. The van der Waals surface area contributed by atoms with E-state index in [9.17, 15) is 15.0 Å². The molecule has 0 unspecified atom stereocenters. The predicted molar refractivity (Wildman–Crippen MR) is 53.2 cm³/mol. The van der Waals surface area contributed by atoms with Gasteiger partial charge in [-0.1, -0.05) is 18.2 Å². The van der Waals surface area contributed by atoms with Crippen molar-refractivity contribution in [2.75, 3.05) is 5.32 Å². The number of para-hydroxylation sites is 1. The first-order chi connectivity index (χ1) is 7.12. The number of carboxylic acid groups (broad SMARTS) is 1. The number of nitrogens with one attached hydrogen (secondary N) is 1. The molecule has 15 heavy (non-hydrogen) atoms. The molecule has 0 aromatic heterocycles. The van der Waals surface area contributed by atoms with Gasteiger partial charge in [0, 0.05) is 11.3 Å². The molecule has 0 spiro atoms. The SMILES string of the molecule is O=C([O-])Nc1ccccc1C1(O)CCC1. The minimum Gasteiger partial charge on any atom is -0.530 e. The molecule has 0 saturated heterocycles. The summed E-state index contributed by atoms with van der Waals surface area (Å²) >= 11 is 0. The average Bonchev–Trinajstić information content (AvgIpc) is 2.14. The van der Waals surface area contributed by atoms with Crippen LogP contribution < -0.4 is 10.4 Å². The van der Waals surface area contributed by atoms with Crippen molar-refractivity contribution in [1.82, 2.24) is 0 Å². The monoisotopic (exact) mass is 206 g/mol. The summed E-state index contributed by atoms with van der Waals surface area (Å²) in [4.78, 5) is 10.5. The van der Waals surface area contributed by atoms with Gasteiger partial charge in [0.15, 0.2) is 0 Å². The summed E-state index contributed by atoms with van der Waals surface area (Å²) in [6.07, 6.45) is 0.971. The normalized spacial score (nSPS) is 17.9. The van der Waals surface area contributed by atoms with Gasteiger partial charge in [-0.3, -0.25) is 0 Å². The van der Waals surface area contributed by atoms with Crippen LogP contribution in [0.4, 0.5) is 10.5 Å². The van der Waals surface area contributed by atoms with Crippen LogP contribution in [0.2, 0.25) is 0 Å². The van der Waals surface area contributed by atoms with Crippen molar-refractivity contribution in [1.29, 1.82) is 0 Å². The first kappa shape index (κ1) is 9.98. The third-order valence-corrected chi connectivity index (χ3v) is 2.85. The third kappa shape index (κ3) is 1.80. The number of rotatable bonds is 2. The minimum absolute atomic E-state index is 0.416. The third-order valence-electron chi connectivity index (χ3n) is 2.85. The quantitative estimate of drug-likeness (QED) is 0.752. The smallest absolute Gasteiger partial charge is 0.138 e. The van der Waals surface area contributed by atoms with Crippen LogP contribution in [0.5, 0.6) is 0 Å². The summed E-state index contributed by atoms with van der Waals surface area (Å²) in [5.74, 6) is 0. The summed E-state index contributed by atoms with van der Waals surface area (Å²) < 4.78 is 0. The molecular weight excluding hydrogens is 194 g/mol. The van der Waals surface area contributed by atoms with Gasteiger partial charge in [0.2, 0.25) is 0 Å². The number of benzene rings is 1. The lowest BCUT2D eigenvalue weighted by atomic mass is 9.74. The second kappa shape index (κ2) is 3.55. The van der Waals surface area contributed by atoms with E-state index in [1.54, 1.807) is 24.3 Å². The summed E-state index contributed by atoms with van der Waals surface area (Å²) in [6.45, 7) is 0. The molecule has 4 heteroatoms. The van der Waals surface area contributed by atoms with Gasteiger partial charge in [-0.05, 0) is 25.3 Å². The van der Waals surface area contributed by atoms with E-state index >= 15 is 0 Å². The standard InChI is InChI=1S/C11H13NO3/c13-10(14)12-9-5-2-1-4-8(9)11(15)6-3-7-11/h1-2,4-5,12,15H,3,6-7H2,(H,13,14)/p-1. The molecule has 1 amide bonds. The Bertz CT molecular complexity index is 385. The van der Waals surface area contributed by atoms with Gasteiger partial charge < -0.3 is 20.3 Å². The number of hydrogen-bond acceptors (Lipinski definition) is 3. The summed E-state index contributed by atoms with van der Waals surface area (Å²) in [6, 6.07) is 6.87. The molecular formula is C11H12NO3-. The molecule has 0 heterocycles. The van der Waals surface area contributed by atoms with Gasteiger partial charge >= 0.3 is 0 Å². The molecule has 0 radical (unpaired) electrons. The second-order valence-corrected chi connectivity index (χ2v) is 3.84. The number of hydrogen-bond donors (Lipinski definition) is 2. The second-order valence-electron chi connectivity index (χ2n) is 3.84. The number of aliphatic hydroxyl groups is 1. The Morgan fingerprint density at radius 1 is 1.40 bits per heavy atom. The van der Waals surface area contributed by atoms with Crippen LogP contribution in [0.1, 0.15) is 24.8 Å². The van der Waals surface area contributed by atoms with E-state index in [4.69, 9.17) is 0 Å². The summed E-state index contributed by atoms with van der Waals surface area (Å²) in [5, 5.41) is 22.8. The molecule has 0 bridgehead atoms. The van der Waals surface area contributed by atoms with Crippen LogP contribution in [0.15, 0.2) is 24.3 Å². The molecule has 4 nitrogen and oxygen atoms in total. The molecule has 1 saturated carbocycles. The van der Waals surface area contributed by atoms with Crippen LogP contribution in [-0.4, -0.2) is 11.2 Å². The van der Waals surface area contributed by atoms with Crippen LogP contribution in [0, 0.1) is 0 Å². The van der Waals surface area contributed by atoms with Crippen LogP contribution >= 0.6 is 0 Å². The Morgan fingerprint density at radius 2 is 2.07 bits per heavy atom. The maximum atomic E-state index is 10.5. The molecule has 80 valence electrons. The Hall–Kier alpha value is -1.55. The lowest BCUT2D eigenvalue weighted by molar-refractivity contribution is -0.242. The fourth-order valence-corrected chi connectivity index (χ4v) is 1.89. The van der Waals surface area contributed by atoms with Gasteiger partial charge in [-0.2, -0.15) is 0 Å². The van der Waals surface area contributed by atoms with E-state index in [-0.39, 0.29) is 0 Å². The molecule has 1 aliphatic rings. The van der Waals surface area contributed by atoms with Crippen molar-refractivity contribution in [2.24, 2.45) is 0 Å². The Morgan fingerprint density at radius 3 is 2.60 bits per heavy atom. The topological polar surface area (TPSA) is 72.4 Å². The van der Waals surface area contributed by atoms with Gasteiger partial charge in [0.25, 0.3) is 0 Å². The van der Waals surface area contributed by atoms with Crippen molar-refractivity contribution >= 4 is 11.8 Å². The summed E-state index contributed by atoms with van der Waals surface area (Å²) in [5.41, 5.74) is 0.194. The minimum atomic E-state index is -1.36. The Balaban J connectivity index is 2.33. The van der Waals surface area contributed by atoms with Gasteiger partial charge in [0.05, 0.1) is 5.60 Å². The zero-order valence-corrected chi connectivity index (χ0v) is 8.19. The molecule has 1 aliphatic carbocycles. The molecule has 1 aromatic carbocycles. The van der Waals surface area contributed by atoms with E-state index in [1.165, 1.54) is 0 Å². The number of amides is 1. The van der Waals surface area contributed by atoms with Gasteiger partial charge in [-0.15, -0.1) is 0 Å². The molecule has 2 rings (SSSR count). The molecule has 0 aliphatic heterocycles. The zero-order valence-electron chi connectivity index (χ0n) is 8.19. The maximum Gasteiger partial charge on any atom is 0.138 e. The van der Waals surface area contributed by atoms with Crippen molar-refractivity contribution in [3.8, 4) is 0 Å². The highest BCUT2D eigenvalue weighted by molar-refractivity contribution is 5.82. The van der Waals surface area contributed by atoms with Gasteiger partial charge in [-0.25, -0.2) is 0 Å². The first-order valence-corrected chi connectivity index (χ1v) is 4.92. The fourth-order valence-electron chi connectivity index (χ4n) is 1.89. The highest BCUT2D eigenvalue weighted by Gasteiger charge is 2.37. The lowest BCUT2D eigenvalue weighted by Crippen LogP contribution is -2.36. The summed E-state index contributed by atoms with van der Waals surface area (Å²) in [7, 11) is 0. The van der Waals surface area contributed by atoms with Crippen molar-refractivity contribution < 1.29 is 15.0 Å². The predicted octanol–water partition coefficient (Wildman–Crippen LogP) is 0.813. The number of carbonyl (C=O) groups excluding carboxylic acids is 1. The average molecular weight is 206 g/mol.